The summed E-state index contributed by atoms with van der Waals surface area (Å²) in [6, 6.07) is 2.13. The zero-order valence-electron chi connectivity index (χ0n) is 13.3. The van der Waals surface area contributed by atoms with E-state index in [9.17, 15) is 4.79 Å². The van der Waals surface area contributed by atoms with Crippen LogP contribution in [0.15, 0.2) is 27.7 Å². The first kappa shape index (κ1) is 14.6. The van der Waals surface area contributed by atoms with Gasteiger partial charge in [0.05, 0.1) is 25.0 Å². The zero-order chi connectivity index (χ0) is 15.6. The molecule has 6 heteroatoms. The number of hydrogen-bond donors (Lipinski definition) is 0. The molecule has 4 rings (SSSR count). The average Bonchev–Trinajstić information content (AvgIpc) is 3.21. The number of likely N-dealkylation sites (tertiary alicyclic amines) is 1. The molecule has 0 aromatic carbocycles. The van der Waals surface area contributed by atoms with E-state index in [1.807, 2.05) is 0 Å². The largest absolute Gasteiger partial charge is 0.448 e. The lowest BCUT2D eigenvalue weighted by atomic mass is 9.97. The van der Waals surface area contributed by atoms with Crippen molar-refractivity contribution in [1.29, 1.82) is 0 Å². The Morgan fingerprint density at radius 1 is 1.26 bits per heavy atom. The van der Waals surface area contributed by atoms with Crippen molar-refractivity contribution in [1.82, 2.24) is 19.7 Å². The molecule has 0 spiro atoms. The summed E-state index contributed by atoms with van der Waals surface area (Å²) < 4.78 is 7.02. The van der Waals surface area contributed by atoms with Crippen LogP contribution in [0.3, 0.4) is 0 Å². The highest BCUT2D eigenvalue weighted by Gasteiger charge is 2.27. The molecule has 1 atom stereocenters. The highest BCUT2D eigenvalue weighted by atomic mass is 16.3. The number of oxazole rings is 1. The maximum absolute atomic E-state index is 12.4. The normalized spacial score (nSPS) is 21.5. The number of rotatable bonds is 4. The van der Waals surface area contributed by atoms with Crippen molar-refractivity contribution in [2.45, 2.75) is 57.7 Å². The van der Waals surface area contributed by atoms with E-state index in [2.05, 4.69) is 15.0 Å². The summed E-state index contributed by atoms with van der Waals surface area (Å²) in [7, 11) is 0. The van der Waals surface area contributed by atoms with Gasteiger partial charge in [-0.05, 0) is 50.6 Å². The molecular formula is C17H22N4O2. The van der Waals surface area contributed by atoms with E-state index in [1.54, 1.807) is 23.2 Å². The highest BCUT2D eigenvalue weighted by Crippen LogP contribution is 2.21. The molecule has 1 aliphatic heterocycles. The molecule has 1 aliphatic carbocycles. The molecule has 3 heterocycles. The first-order valence-electron chi connectivity index (χ1n) is 8.52. The summed E-state index contributed by atoms with van der Waals surface area (Å²) in [4.78, 5) is 18.9. The molecule has 0 saturated carbocycles. The third kappa shape index (κ3) is 3.08. The number of aryl methyl sites for hydroxylation is 2. The molecular weight excluding hydrogens is 292 g/mol. The Morgan fingerprint density at radius 3 is 3.04 bits per heavy atom. The first-order valence-corrected chi connectivity index (χ1v) is 8.52. The van der Waals surface area contributed by atoms with Crippen molar-refractivity contribution in [2.75, 3.05) is 6.54 Å². The Kier molecular flexibility index (Phi) is 3.99. The van der Waals surface area contributed by atoms with Crippen LogP contribution in [0.4, 0.5) is 0 Å². The third-order valence-electron chi connectivity index (χ3n) is 4.98. The molecule has 122 valence electrons. The van der Waals surface area contributed by atoms with Crippen molar-refractivity contribution < 1.29 is 4.42 Å². The van der Waals surface area contributed by atoms with Crippen LogP contribution in [0.25, 0.3) is 0 Å². The molecule has 1 fully saturated rings. The van der Waals surface area contributed by atoms with E-state index in [1.165, 1.54) is 12.8 Å². The predicted octanol–water partition coefficient (Wildman–Crippen LogP) is 1.77. The fourth-order valence-corrected chi connectivity index (χ4v) is 3.75. The van der Waals surface area contributed by atoms with Gasteiger partial charge in [0.25, 0.3) is 5.56 Å². The summed E-state index contributed by atoms with van der Waals surface area (Å²) >= 11 is 0. The molecule has 0 bridgehead atoms. The van der Waals surface area contributed by atoms with Crippen LogP contribution >= 0.6 is 0 Å². The van der Waals surface area contributed by atoms with E-state index >= 15 is 0 Å². The fraction of sp³-hybridized carbons (Fsp3) is 0.588. The molecule has 23 heavy (non-hydrogen) atoms. The van der Waals surface area contributed by atoms with Gasteiger partial charge in [0.15, 0.2) is 0 Å². The van der Waals surface area contributed by atoms with Crippen LogP contribution in [-0.2, 0) is 25.9 Å². The number of fused-ring (bicyclic) bond motifs is 1. The van der Waals surface area contributed by atoms with Gasteiger partial charge in [-0.1, -0.05) is 0 Å². The minimum atomic E-state index is 0.0358. The number of hydrogen-bond acceptors (Lipinski definition) is 5. The van der Waals surface area contributed by atoms with Gasteiger partial charge in [-0.15, -0.1) is 0 Å². The lowest BCUT2D eigenvalue weighted by Crippen LogP contribution is -2.37. The second kappa shape index (κ2) is 6.28. The quantitative estimate of drug-likeness (QED) is 0.860. The third-order valence-corrected chi connectivity index (χ3v) is 4.98. The summed E-state index contributed by atoms with van der Waals surface area (Å²) in [6.45, 7) is 2.39. The lowest BCUT2D eigenvalue weighted by molar-refractivity contribution is 0.197. The van der Waals surface area contributed by atoms with Crippen LogP contribution in [0.5, 0.6) is 0 Å². The smallest absolute Gasteiger partial charge is 0.267 e. The van der Waals surface area contributed by atoms with Gasteiger partial charge < -0.3 is 4.42 Å². The van der Waals surface area contributed by atoms with Crippen LogP contribution in [-0.4, -0.2) is 32.3 Å². The lowest BCUT2D eigenvalue weighted by Gasteiger charge is -2.24. The number of aromatic nitrogens is 3. The summed E-state index contributed by atoms with van der Waals surface area (Å²) in [5.41, 5.74) is 2.31. The predicted molar refractivity (Wildman–Crippen MR) is 85.1 cm³/mol. The topological polar surface area (TPSA) is 64.2 Å². The average molecular weight is 314 g/mol. The van der Waals surface area contributed by atoms with Crippen LogP contribution in [0.1, 0.15) is 42.8 Å². The minimum absolute atomic E-state index is 0.0358. The fourth-order valence-electron chi connectivity index (χ4n) is 3.75. The minimum Gasteiger partial charge on any atom is -0.448 e. The molecule has 6 nitrogen and oxygen atoms in total. The van der Waals surface area contributed by atoms with Gasteiger partial charge in [-0.2, -0.15) is 5.10 Å². The van der Waals surface area contributed by atoms with E-state index < -0.39 is 0 Å². The maximum atomic E-state index is 12.4. The molecule has 0 N–H and O–H groups in total. The second-order valence-electron chi connectivity index (χ2n) is 6.54. The molecule has 2 aromatic heterocycles. The zero-order valence-corrected chi connectivity index (χ0v) is 13.3. The van der Waals surface area contributed by atoms with Crippen molar-refractivity contribution in [2.24, 2.45) is 0 Å². The standard InChI is InChI=1S/C17H22N4O2/c22-17-10-13-4-1-2-6-15(13)19-21(17)11-14-5-3-8-20(14)12-16-18-7-9-23-16/h7,9-10,14H,1-6,8,11-12H2. The van der Waals surface area contributed by atoms with Gasteiger partial charge in [-0.3, -0.25) is 9.69 Å². The molecule has 2 aromatic rings. The molecule has 0 radical (unpaired) electrons. The van der Waals surface area contributed by atoms with Crippen molar-refractivity contribution in [3.05, 3.63) is 46.0 Å². The van der Waals surface area contributed by atoms with Crippen molar-refractivity contribution in [3.63, 3.8) is 0 Å². The maximum Gasteiger partial charge on any atom is 0.267 e. The molecule has 2 aliphatic rings. The van der Waals surface area contributed by atoms with E-state index in [0.717, 1.165) is 49.4 Å². The number of nitrogens with zero attached hydrogens (tertiary/aromatic N) is 4. The SMILES string of the molecule is O=c1cc2c(nn1CC1CCCN1Cc1ncco1)CCCC2. The Labute approximate surface area is 135 Å². The van der Waals surface area contributed by atoms with E-state index in [-0.39, 0.29) is 5.56 Å². The Hall–Kier alpha value is -1.95. The highest BCUT2D eigenvalue weighted by molar-refractivity contribution is 5.20. The summed E-state index contributed by atoms with van der Waals surface area (Å²) in [5, 5.41) is 4.65. The monoisotopic (exact) mass is 314 g/mol. The van der Waals surface area contributed by atoms with Crippen LogP contribution in [0, 0.1) is 0 Å². The van der Waals surface area contributed by atoms with Gasteiger partial charge in [0, 0.05) is 12.1 Å². The Bertz CT molecular complexity index is 723. The Morgan fingerprint density at radius 2 is 2.17 bits per heavy atom. The van der Waals surface area contributed by atoms with Crippen LogP contribution in [0.2, 0.25) is 0 Å². The van der Waals surface area contributed by atoms with Gasteiger partial charge in [-0.25, -0.2) is 9.67 Å². The van der Waals surface area contributed by atoms with Gasteiger partial charge in [0.2, 0.25) is 5.89 Å². The molecule has 0 amide bonds. The molecule has 1 saturated heterocycles. The summed E-state index contributed by atoms with van der Waals surface area (Å²) in [6.07, 6.45) is 9.86. The van der Waals surface area contributed by atoms with E-state index in [0.29, 0.717) is 19.1 Å². The van der Waals surface area contributed by atoms with Gasteiger partial charge in [0.1, 0.15) is 6.26 Å². The van der Waals surface area contributed by atoms with Crippen LogP contribution < -0.4 is 5.56 Å². The first-order chi connectivity index (χ1) is 11.3. The molecule has 1 unspecified atom stereocenters. The second-order valence-corrected chi connectivity index (χ2v) is 6.54. The summed E-state index contributed by atoms with van der Waals surface area (Å²) in [5.74, 6) is 0.739. The Balaban J connectivity index is 1.51. The van der Waals surface area contributed by atoms with E-state index in [4.69, 9.17) is 4.42 Å². The van der Waals surface area contributed by atoms with Crippen molar-refractivity contribution >= 4 is 0 Å². The van der Waals surface area contributed by atoms with Gasteiger partial charge >= 0.3 is 0 Å². The van der Waals surface area contributed by atoms with Crippen molar-refractivity contribution in [3.8, 4) is 0 Å².